The van der Waals surface area contributed by atoms with Gasteiger partial charge in [0.2, 0.25) is 5.88 Å². The summed E-state index contributed by atoms with van der Waals surface area (Å²) >= 11 is 0. The highest BCUT2D eigenvalue weighted by Crippen LogP contribution is 2.35. The number of hydrogen-bond donors (Lipinski definition) is 3. The third-order valence-electron chi connectivity index (χ3n) is 3.26. The van der Waals surface area contributed by atoms with E-state index in [1.807, 2.05) is 19.9 Å². The zero-order valence-corrected chi connectivity index (χ0v) is 9.70. The minimum Gasteiger partial charge on any atom is -0.493 e. The van der Waals surface area contributed by atoms with Crippen molar-refractivity contribution in [2.45, 2.75) is 31.7 Å². The molecule has 1 aliphatic rings. The monoisotopic (exact) mass is 222 g/mol. The Hall–Kier alpha value is -1.13. The Labute approximate surface area is 95.3 Å². The van der Waals surface area contributed by atoms with Gasteiger partial charge >= 0.3 is 0 Å². The highest BCUT2D eigenvalue weighted by Gasteiger charge is 2.40. The molecule has 3 N–H and O–H groups in total. The molecule has 0 aliphatic carbocycles. The van der Waals surface area contributed by atoms with Gasteiger partial charge < -0.3 is 15.5 Å². The molecular formula is C12H18N2O2. The van der Waals surface area contributed by atoms with Crippen LogP contribution in [-0.2, 0) is 5.54 Å². The maximum Gasteiger partial charge on any atom is 0.210 e. The van der Waals surface area contributed by atoms with Crippen molar-refractivity contribution in [1.29, 1.82) is 0 Å². The molecule has 1 atom stereocenters. The Morgan fingerprint density at radius 1 is 1.50 bits per heavy atom. The summed E-state index contributed by atoms with van der Waals surface area (Å²) in [6.07, 6.45) is 0.912. The van der Waals surface area contributed by atoms with E-state index in [1.54, 1.807) is 6.07 Å². The molecule has 88 valence electrons. The van der Waals surface area contributed by atoms with Crippen LogP contribution in [0.25, 0.3) is 0 Å². The van der Waals surface area contributed by atoms with Gasteiger partial charge in [-0.25, -0.2) is 4.98 Å². The van der Waals surface area contributed by atoms with E-state index < -0.39 is 0 Å². The quantitative estimate of drug-likeness (QED) is 0.716. The second kappa shape index (κ2) is 4.03. The van der Waals surface area contributed by atoms with Crippen molar-refractivity contribution in [3.8, 4) is 5.88 Å². The third kappa shape index (κ3) is 1.68. The summed E-state index contributed by atoms with van der Waals surface area (Å²) in [5.74, 6) is 0.271. The van der Waals surface area contributed by atoms with Crippen molar-refractivity contribution in [1.82, 2.24) is 10.3 Å². The number of aromatic nitrogens is 1. The number of aliphatic hydroxyl groups excluding tert-OH is 1. The fourth-order valence-corrected chi connectivity index (χ4v) is 2.19. The SMILES string of the molecule is CC(C)c1nc(O)ccc1C1(CO)CCN1. The van der Waals surface area contributed by atoms with E-state index in [0.717, 1.165) is 24.2 Å². The molecule has 1 aromatic rings. The number of pyridine rings is 1. The number of nitrogens with zero attached hydrogens (tertiary/aromatic N) is 1. The molecule has 0 aromatic carbocycles. The van der Waals surface area contributed by atoms with E-state index in [2.05, 4.69) is 10.3 Å². The standard InChI is InChI=1S/C12H18N2O2/c1-8(2)11-9(3-4-10(16)14-11)12(7-15)5-6-13-12/h3-4,8,13,15H,5-7H2,1-2H3,(H,14,16). The van der Waals surface area contributed by atoms with Crippen LogP contribution in [0.2, 0.25) is 0 Å². The second-order valence-corrected chi connectivity index (χ2v) is 4.67. The van der Waals surface area contributed by atoms with Crippen LogP contribution in [0.4, 0.5) is 0 Å². The molecule has 0 saturated carbocycles. The number of aromatic hydroxyl groups is 1. The molecule has 0 amide bonds. The first-order valence-corrected chi connectivity index (χ1v) is 5.65. The molecule has 4 nitrogen and oxygen atoms in total. The molecule has 0 radical (unpaired) electrons. The number of hydrogen-bond acceptors (Lipinski definition) is 4. The van der Waals surface area contributed by atoms with Crippen molar-refractivity contribution in [2.24, 2.45) is 0 Å². The Morgan fingerprint density at radius 3 is 2.62 bits per heavy atom. The summed E-state index contributed by atoms with van der Waals surface area (Å²) < 4.78 is 0. The predicted octanol–water partition coefficient (Wildman–Crippen LogP) is 1.09. The first-order chi connectivity index (χ1) is 7.59. The highest BCUT2D eigenvalue weighted by molar-refractivity contribution is 5.35. The Morgan fingerprint density at radius 2 is 2.19 bits per heavy atom. The largest absolute Gasteiger partial charge is 0.493 e. The van der Waals surface area contributed by atoms with Crippen LogP contribution in [0.3, 0.4) is 0 Å². The van der Waals surface area contributed by atoms with Crippen LogP contribution in [0.5, 0.6) is 5.88 Å². The summed E-state index contributed by atoms with van der Waals surface area (Å²) in [6.45, 7) is 5.06. The van der Waals surface area contributed by atoms with Crippen LogP contribution in [0.1, 0.15) is 37.4 Å². The molecule has 1 fully saturated rings. The molecule has 1 saturated heterocycles. The van der Waals surface area contributed by atoms with Gasteiger partial charge in [-0.1, -0.05) is 13.8 Å². The molecule has 0 spiro atoms. The lowest BCUT2D eigenvalue weighted by Crippen LogP contribution is -2.57. The molecule has 4 heteroatoms. The first-order valence-electron chi connectivity index (χ1n) is 5.65. The van der Waals surface area contributed by atoms with Gasteiger partial charge in [0.25, 0.3) is 0 Å². The lowest BCUT2D eigenvalue weighted by molar-refractivity contribution is 0.0978. The zero-order valence-electron chi connectivity index (χ0n) is 9.70. The average Bonchev–Trinajstić information content (AvgIpc) is 2.19. The van der Waals surface area contributed by atoms with Crippen LogP contribution >= 0.6 is 0 Å². The van der Waals surface area contributed by atoms with Crippen molar-refractivity contribution in [3.63, 3.8) is 0 Å². The average molecular weight is 222 g/mol. The molecule has 2 heterocycles. The van der Waals surface area contributed by atoms with Gasteiger partial charge in [-0.3, -0.25) is 0 Å². The lowest BCUT2D eigenvalue weighted by atomic mass is 9.79. The first kappa shape index (κ1) is 11.4. The number of nitrogens with one attached hydrogen (secondary N) is 1. The Balaban J connectivity index is 2.47. The van der Waals surface area contributed by atoms with Crippen molar-refractivity contribution < 1.29 is 10.2 Å². The normalized spacial score (nSPS) is 24.5. The summed E-state index contributed by atoms with van der Waals surface area (Å²) in [6, 6.07) is 3.44. The fourth-order valence-electron chi connectivity index (χ4n) is 2.19. The van der Waals surface area contributed by atoms with Crippen molar-refractivity contribution >= 4 is 0 Å². The van der Waals surface area contributed by atoms with E-state index in [4.69, 9.17) is 0 Å². The van der Waals surface area contributed by atoms with E-state index >= 15 is 0 Å². The fraction of sp³-hybridized carbons (Fsp3) is 0.583. The van der Waals surface area contributed by atoms with Crippen LogP contribution in [-0.4, -0.2) is 28.3 Å². The second-order valence-electron chi connectivity index (χ2n) is 4.67. The van der Waals surface area contributed by atoms with Gasteiger partial charge in [-0.2, -0.15) is 0 Å². The van der Waals surface area contributed by atoms with Gasteiger partial charge in [0.05, 0.1) is 17.8 Å². The maximum absolute atomic E-state index is 9.51. The zero-order chi connectivity index (χ0) is 11.8. The van der Waals surface area contributed by atoms with Crippen LogP contribution in [0.15, 0.2) is 12.1 Å². The van der Waals surface area contributed by atoms with Crippen LogP contribution in [0, 0.1) is 0 Å². The van der Waals surface area contributed by atoms with Gasteiger partial charge in [-0.15, -0.1) is 0 Å². The molecule has 16 heavy (non-hydrogen) atoms. The summed E-state index contributed by atoms with van der Waals surface area (Å²) in [5, 5.41) is 22.2. The van der Waals surface area contributed by atoms with E-state index in [0.29, 0.717) is 0 Å². The van der Waals surface area contributed by atoms with Gasteiger partial charge in [0.15, 0.2) is 0 Å². The number of rotatable bonds is 3. The van der Waals surface area contributed by atoms with Crippen molar-refractivity contribution in [3.05, 3.63) is 23.4 Å². The molecule has 0 bridgehead atoms. The molecular weight excluding hydrogens is 204 g/mol. The molecule has 1 aromatic heterocycles. The number of aliphatic hydroxyl groups is 1. The van der Waals surface area contributed by atoms with E-state index in [1.165, 1.54) is 0 Å². The minimum absolute atomic E-state index is 0.0415. The van der Waals surface area contributed by atoms with Crippen molar-refractivity contribution in [2.75, 3.05) is 13.2 Å². The van der Waals surface area contributed by atoms with Gasteiger partial charge in [0, 0.05) is 6.07 Å². The summed E-state index contributed by atoms with van der Waals surface area (Å²) in [7, 11) is 0. The Bertz CT molecular complexity index is 381. The lowest BCUT2D eigenvalue weighted by Gasteiger charge is -2.43. The van der Waals surface area contributed by atoms with E-state index in [9.17, 15) is 10.2 Å². The Kier molecular flexibility index (Phi) is 2.86. The highest BCUT2D eigenvalue weighted by atomic mass is 16.3. The molecule has 2 rings (SSSR count). The van der Waals surface area contributed by atoms with Gasteiger partial charge in [-0.05, 0) is 30.5 Å². The van der Waals surface area contributed by atoms with Gasteiger partial charge in [0.1, 0.15) is 0 Å². The minimum atomic E-state index is -0.347. The predicted molar refractivity (Wildman–Crippen MR) is 61.4 cm³/mol. The van der Waals surface area contributed by atoms with Crippen LogP contribution < -0.4 is 5.32 Å². The third-order valence-corrected chi connectivity index (χ3v) is 3.26. The molecule has 1 unspecified atom stereocenters. The smallest absolute Gasteiger partial charge is 0.210 e. The maximum atomic E-state index is 9.51. The summed E-state index contributed by atoms with van der Waals surface area (Å²) in [4.78, 5) is 4.17. The van der Waals surface area contributed by atoms with E-state index in [-0.39, 0.29) is 23.9 Å². The summed E-state index contributed by atoms with van der Waals surface area (Å²) in [5.41, 5.74) is 1.52. The topological polar surface area (TPSA) is 65.4 Å². The molecule has 1 aliphatic heterocycles.